The van der Waals surface area contributed by atoms with E-state index in [2.05, 4.69) is 0 Å². The van der Waals surface area contributed by atoms with E-state index >= 15 is 0 Å². The molecule has 0 aliphatic rings. The van der Waals surface area contributed by atoms with Gasteiger partial charge in [0.25, 0.3) is 0 Å². The van der Waals surface area contributed by atoms with Gasteiger partial charge in [0.2, 0.25) is 0 Å². The number of hydrogen-bond donors (Lipinski definition) is 1. The molecule has 1 aromatic rings. The average molecular weight is 257 g/mol. The minimum Gasteiger partial charge on any atom is -0.396 e. The van der Waals surface area contributed by atoms with Crippen LogP contribution in [-0.2, 0) is 4.79 Å². The molecule has 0 fully saturated rings. The SMILES string of the molecule is CC(=O)SCCC=Cc1cc(F)c(N)cc1F. The molecule has 0 atom stereocenters. The Bertz CT molecular complexity index is 446. The Morgan fingerprint density at radius 2 is 2.12 bits per heavy atom. The van der Waals surface area contributed by atoms with Crippen LogP contribution in [0.3, 0.4) is 0 Å². The van der Waals surface area contributed by atoms with Gasteiger partial charge in [0.1, 0.15) is 11.6 Å². The zero-order chi connectivity index (χ0) is 12.8. The van der Waals surface area contributed by atoms with E-state index in [4.69, 9.17) is 5.73 Å². The Morgan fingerprint density at radius 1 is 1.41 bits per heavy atom. The first-order valence-electron chi connectivity index (χ1n) is 5.05. The largest absolute Gasteiger partial charge is 0.396 e. The lowest BCUT2D eigenvalue weighted by molar-refractivity contribution is -0.109. The fourth-order valence-electron chi connectivity index (χ4n) is 1.19. The molecule has 0 unspecified atom stereocenters. The summed E-state index contributed by atoms with van der Waals surface area (Å²) in [6, 6.07) is 2.01. The molecule has 5 heteroatoms. The van der Waals surface area contributed by atoms with Crippen molar-refractivity contribution >= 4 is 28.6 Å². The Hall–Kier alpha value is -1.36. The number of carbonyl (C=O) groups is 1. The van der Waals surface area contributed by atoms with E-state index in [1.165, 1.54) is 24.8 Å². The monoisotopic (exact) mass is 257 g/mol. The van der Waals surface area contributed by atoms with E-state index in [1.54, 1.807) is 6.08 Å². The molecule has 17 heavy (non-hydrogen) atoms. The lowest BCUT2D eigenvalue weighted by Gasteiger charge is -2.00. The third kappa shape index (κ3) is 4.56. The van der Waals surface area contributed by atoms with Gasteiger partial charge in [-0.15, -0.1) is 0 Å². The van der Waals surface area contributed by atoms with Gasteiger partial charge in [-0.2, -0.15) is 0 Å². The molecule has 2 N–H and O–H groups in total. The van der Waals surface area contributed by atoms with E-state index in [9.17, 15) is 13.6 Å². The first-order chi connectivity index (χ1) is 8.00. The third-order valence-electron chi connectivity index (χ3n) is 2.00. The summed E-state index contributed by atoms with van der Waals surface area (Å²) in [6.45, 7) is 1.49. The van der Waals surface area contributed by atoms with Gasteiger partial charge in [-0.1, -0.05) is 23.9 Å². The van der Waals surface area contributed by atoms with E-state index in [-0.39, 0.29) is 16.4 Å². The number of halogens is 2. The van der Waals surface area contributed by atoms with Crippen molar-refractivity contribution in [1.29, 1.82) is 0 Å². The molecule has 0 amide bonds. The second kappa shape index (κ2) is 6.39. The molecule has 1 aromatic carbocycles. The van der Waals surface area contributed by atoms with E-state index < -0.39 is 11.6 Å². The van der Waals surface area contributed by atoms with Crippen LogP contribution >= 0.6 is 11.8 Å². The number of nitrogen functional groups attached to an aromatic ring is 1. The highest BCUT2D eigenvalue weighted by molar-refractivity contribution is 8.13. The van der Waals surface area contributed by atoms with Crippen molar-refractivity contribution in [2.45, 2.75) is 13.3 Å². The van der Waals surface area contributed by atoms with Gasteiger partial charge in [-0.25, -0.2) is 8.78 Å². The highest BCUT2D eigenvalue weighted by Crippen LogP contribution is 2.18. The third-order valence-corrected chi connectivity index (χ3v) is 2.85. The number of thioether (sulfide) groups is 1. The average Bonchev–Trinajstić information content (AvgIpc) is 2.24. The van der Waals surface area contributed by atoms with Crippen LogP contribution < -0.4 is 5.73 Å². The fraction of sp³-hybridized carbons (Fsp3) is 0.250. The van der Waals surface area contributed by atoms with E-state index in [0.717, 1.165) is 12.1 Å². The van der Waals surface area contributed by atoms with Crippen molar-refractivity contribution in [2.24, 2.45) is 0 Å². The second-order valence-electron chi connectivity index (χ2n) is 3.43. The smallest absolute Gasteiger partial charge is 0.185 e. The highest BCUT2D eigenvalue weighted by atomic mass is 32.2. The molecule has 0 spiro atoms. The predicted molar refractivity (Wildman–Crippen MR) is 67.6 cm³/mol. The zero-order valence-electron chi connectivity index (χ0n) is 9.37. The number of nitrogens with two attached hydrogens (primary N) is 1. The minimum absolute atomic E-state index is 0.0445. The molecule has 0 saturated carbocycles. The van der Waals surface area contributed by atoms with Crippen LogP contribution in [0.4, 0.5) is 14.5 Å². The zero-order valence-corrected chi connectivity index (χ0v) is 10.2. The van der Waals surface area contributed by atoms with Crippen LogP contribution in [0, 0.1) is 11.6 Å². The topological polar surface area (TPSA) is 43.1 Å². The molecular weight excluding hydrogens is 244 g/mol. The molecule has 0 bridgehead atoms. The second-order valence-corrected chi connectivity index (χ2v) is 4.70. The highest BCUT2D eigenvalue weighted by Gasteiger charge is 2.04. The maximum Gasteiger partial charge on any atom is 0.185 e. The number of carbonyl (C=O) groups excluding carboxylic acids is 1. The standard InChI is InChI=1S/C12H13F2NOS/c1-8(16)17-5-3-2-4-9-6-11(14)12(15)7-10(9)13/h2,4,6-7H,3,5,15H2,1H3. The molecule has 92 valence electrons. The first kappa shape index (κ1) is 13.7. The normalized spacial score (nSPS) is 11.0. The Balaban J connectivity index is 2.59. The van der Waals surface area contributed by atoms with Gasteiger partial charge < -0.3 is 5.73 Å². The number of hydrogen-bond acceptors (Lipinski definition) is 3. The van der Waals surface area contributed by atoms with Gasteiger partial charge in [0.05, 0.1) is 5.69 Å². The number of anilines is 1. The summed E-state index contributed by atoms with van der Waals surface area (Å²) in [5, 5.41) is 0.0445. The summed E-state index contributed by atoms with van der Waals surface area (Å²) in [5.74, 6) is -0.561. The molecule has 0 aromatic heterocycles. The molecule has 0 radical (unpaired) electrons. The summed E-state index contributed by atoms with van der Waals surface area (Å²) in [5.41, 5.74) is 5.17. The van der Waals surface area contributed by atoms with Crippen molar-refractivity contribution in [2.75, 3.05) is 11.5 Å². The molecule has 2 nitrogen and oxygen atoms in total. The van der Waals surface area contributed by atoms with Crippen LogP contribution in [0.1, 0.15) is 18.9 Å². The van der Waals surface area contributed by atoms with Crippen LogP contribution in [0.15, 0.2) is 18.2 Å². The number of allylic oxidation sites excluding steroid dienone is 1. The van der Waals surface area contributed by atoms with E-state index in [0.29, 0.717) is 12.2 Å². The molecule has 0 aliphatic heterocycles. The fourth-order valence-corrected chi connectivity index (χ4v) is 1.73. The van der Waals surface area contributed by atoms with Crippen molar-refractivity contribution < 1.29 is 13.6 Å². The molecule has 0 saturated heterocycles. The van der Waals surface area contributed by atoms with Gasteiger partial charge in [0, 0.05) is 24.3 Å². The lowest BCUT2D eigenvalue weighted by Crippen LogP contribution is -1.94. The van der Waals surface area contributed by atoms with Gasteiger partial charge in [-0.05, 0) is 12.5 Å². The summed E-state index contributed by atoms with van der Waals surface area (Å²) in [4.78, 5) is 10.6. The Kier molecular flexibility index (Phi) is 5.15. The summed E-state index contributed by atoms with van der Waals surface area (Å²) >= 11 is 1.20. The van der Waals surface area contributed by atoms with Gasteiger partial charge in [0.15, 0.2) is 5.12 Å². The Labute approximate surface area is 103 Å². The van der Waals surface area contributed by atoms with Crippen LogP contribution in [0.5, 0.6) is 0 Å². The first-order valence-corrected chi connectivity index (χ1v) is 6.03. The summed E-state index contributed by atoms with van der Waals surface area (Å²) in [6.07, 6.45) is 3.80. The van der Waals surface area contributed by atoms with Gasteiger partial charge in [-0.3, -0.25) is 4.79 Å². The Morgan fingerprint density at radius 3 is 2.76 bits per heavy atom. The molecule has 0 aliphatic carbocycles. The van der Waals surface area contributed by atoms with Crippen molar-refractivity contribution in [1.82, 2.24) is 0 Å². The minimum atomic E-state index is -0.635. The molecular formula is C12H13F2NOS. The maximum absolute atomic E-state index is 13.3. The van der Waals surface area contributed by atoms with Crippen LogP contribution in [-0.4, -0.2) is 10.9 Å². The van der Waals surface area contributed by atoms with Crippen LogP contribution in [0.2, 0.25) is 0 Å². The summed E-state index contributed by atoms with van der Waals surface area (Å²) in [7, 11) is 0. The summed E-state index contributed by atoms with van der Waals surface area (Å²) < 4.78 is 26.4. The molecule has 1 rings (SSSR count). The predicted octanol–water partition coefficient (Wildman–Crippen LogP) is 3.23. The van der Waals surface area contributed by atoms with E-state index in [1.807, 2.05) is 0 Å². The van der Waals surface area contributed by atoms with Crippen molar-refractivity contribution in [3.8, 4) is 0 Å². The number of benzene rings is 1. The van der Waals surface area contributed by atoms with Crippen molar-refractivity contribution in [3.05, 3.63) is 35.4 Å². The number of rotatable bonds is 4. The molecule has 0 heterocycles. The van der Waals surface area contributed by atoms with Crippen LogP contribution in [0.25, 0.3) is 6.08 Å². The maximum atomic E-state index is 13.3. The quantitative estimate of drug-likeness (QED) is 0.665. The van der Waals surface area contributed by atoms with Crippen molar-refractivity contribution in [3.63, 3.8) is 0 Å². The lowest BCUT2D eigenvalue weighted by atomic mass is 10.1. The van der Waals surface area contributed by atoms with Gasteiger partial charge >= 0.3 is 0 Å².